The Morgan fingerprint density at radius 3 is 2.11 bits per heavy atom. The number of rotatable bonds is 7. The fourth-order valence-electron chi connectivity index (χ4n) is 6.52. The van der Waals surface area contributed by atoms with Crippen LogP contribution in [0.4, 0.5) is 0 Å². The van der Waals surface area contributed by atoms with E-state index >= 15 is 0 Å². The Kier molecular flexibility index (Phi) is 7.51. The van der Waals surface area contributed by atoms with E-state index in [1.807, 2.05) is 6.92 Å². The third-order valence-electron chi connectivity index (χ3n) is 8.28. The summed E-state index contributed by atoms with van der Waals surface area (Å²) in [5.74, 6) is -0.246. The fraction of sp³-hybridized carbons (Fsp3) is 0.533. The van der Waals surface area contributed by atoms with Crippen molar-refractivity contribution in [1.29, 1.82) is 0 Å². The van der Waals surface area contributed by atoms with Gasteiger partial charge in [0.05, 0.1) is 18.2 Å². The summed E-state index contributed by atoms with van der Waals surface area (Å²) in [5.41, 5.74) is 0.0633. The second-order valence-corrected chi connectivity index (χ2v) is 16.0. The zero-order chi connectivity index (χ0) is 25.3. The molecule has 0 amide bonds. The Bertz CT molecular complexity index is 1000. The normalized spacial score (nSPS) is 27.5. The van der Waals surface area contributed by atoms with Gasteiger partial charge in [-0.2, -0.15) is 0 Å². The molecule has 0 aromatic heterocycles. The molecule has 0 bridgehead atoms. The van der Waals surface area contributed by atoms with Crippen LogP contribution in [0.1, 0.15) is 66.7 Å². The molecule has 5 heteroatoms. The van der Waals surface area contributed by atoms with E-state index in [9.17, 15) is 9.90 Å². The highest BCUT2D eigenvalue weighted by Gasteiger charge is 2.51. The number of ketones is 1. The molecule has 4 nitrogen and oxygen atoms in total. The molecule has 4 atom stereocenters. The monoisotopic (exact) mass is 491 g/mol. The van der Waals surface area contributed by atoms with E-state index in [4.69, 9.17) is 9.42 Å². The number of carbonyl (C=O) groups is 1. The largest absolute Gasteiger partial charge is 0.405 e. The predicted octanol–water partition coefficient (Wildman–Crippen LogP) is 4.92. The van der Waals surface area contributed by atoms with Crippen molar-refractivity contribution >= 4 is 30.2 Å². The summed E-state index contributed by atoms with van der Waals surface area (Å²) in [6, 6.07) is 21.5. The molecule has 4 rings (SSSR count). The van der Waals surface area contributed by atoms with Crippen molar-refractivity contribution in [3.05, 3.63) is 60.7 Å². The molecule has 2 aliphatic rings. The first-order valence-corrected chi connectivity index (χ1v) is 15.0. The van der Waals surface area contributed by atoms with Gasteiger partial charge in [0.1, 0.15) is 5.78 Å². The molecule has 3 unspecified atom stereocenters. The Morgan fingerprint density at radius 1 is 1.03 bits per heavy atom. The molecule has 1 aliphatic heterocycles. The Labute approximate surface area is 212 Å². The zero-order valence-corrected chi connectivity index (χ0v) is 23.0. The number of carbonyl (C=O) groups excluding carboxylic acids is 1. The molecule has 1 N–H and O–H groups in total. The second-order valence-electron chi connectivity index (χ2n) is 11.7. The number of aliphatic imine (C=N–C) groups is 1. The van der Waals surface area contributed by atoms with Crippen LogP contribution in [0.5, 0.6) is 0 Å². The first-order valence-electron chi connectivity index (χ1n) is 13.1. The van der Waals surface area contributed by atoms with Crippen LogP contribution >= 0.6 is 0 Å². The molecule has 1 fully saturated rings. The minimum atomic E-state index is -2.60. The van der Waals surface area contributed by atoms with E-state index in [2.05, 4.69) is 81.4 Å². The van der Waals surface area contributed by atoms with Crippen LogP contribution in [-0.4, -0.2) is 43.2 Å². The summed E-state index contributed by atoms with van der Waals surface area (Å²) in [6.45, 7) is 10.9. The number of benzene rings is 2. The number of Topliss-reactive ketones (excluding diaryl/α,β-unsaturated/α-hetero) is 1. The smallest absolute Gasteiger partial charge is 0.261 e. The quantitative estimate of drug-likeness (QED) is 0.559. The van der Waals surface area contributed by atoms with Gasteiger partial charge in [0, 0.05) is 17.5 Å². The Hall–Kier alpha value is -2.08. The minimum Gasteiger partial charge on any atom is -0.405 e. The second kappa shape index (κ2) is 10.1. The van der Waals surface area contributed by atoms with Gasteiger partial charge in [0.15, 0.2) is 0 Å². The number of aliphatic hydroxyl groups is 1. The summed E-state index contributed by atoms with van der Waals surface area (Å²) < 4.78 is 7.11. The maximum absolute atomic E-state index is 12.2. The van der Waals surface area contributed by atoms with Gasteiger partial charge in [-0.3, -0.25) is 9.79 Å². The SMILES string of the molecule is CC(=O)C1CCCC(C2=N[C@H](CO[Si](c3ccccc3)(c3ccccc3)C(C)(C)C)CC2)C1(C)O. The van der Waals surface area contributed by atoms with E-state index in [1.165, 1.54) is 10.4 Å². The highest BCUT2D eigenvalue weighted by Crippen LogP contribution is 2.42. The van der Waals surface area contributed by atoms with E-state index in [-0.39, 0.29) is 28.7 Å². The third-order valence-corrected chi connectivity index (χ3v) is 13.3. The molecule has 0 radical (unpaired) electrons. The average molecular weight is 492 g/mol. The molecule has 2 aromatic carbocycles. The lowest BCUT2D eigenvalue weighted by Crippen LogP contribution is -2.67. The van der Waals surface area contributed by atoms with Gasteiger partial charge in [-0.05, 0) is 54.9 Å². The average Bonchev–Trinajstić information content (AvgIpc) is 3.28. The van der Waals surface area contributed by atoms with Crippen LogP contribution in [0.3, 0.4) is 0 Å². The molecular formula is C30H41NO3Si. The maximum Gasteiger partial charge on any atom is 0.261 e. The van der Waals surface area contributed by atoms with Gasteiger partial charge in [-0.1, -0.05) is 87.9 Å². The van der Waals surface area contributed by atoms with Crippen LogP contribution < -0.4 is 10.4 Å². The lowest BCUT2D eigenvalue weighted by atomic mass is 9.66. The van der Waals surface area contributed by atoms with Gasteiger partial charge >= 0.3 is 0 Å². The lowest BCUT2D eigenvalue weighted by molar-refractivity contribution is -0.135. The Morgan fingerprint density at radius 2 is 1.60 bits per heavy atom. The maximum atomic E-state index is 12.2. The molecule has 35 heavy (non-hydrogen) atoms. The lowest BCUT2D eigenvalue weighted by Gasteiger charge is -2.43. The van der Waals surface area contributed by atoms with Crippen molar-refractivity contribution < 1.29 is 14.3 Å². The van der Waals surface area contributed by atoms with Crippen molar-refractivity contribution in [2.45, 2.75) is 83.4 Å². The first-order chi connectivity index (χ1) is 16.6. The minimum absolute atomic E-state index is 0.0389. The Balaban J connectivity index is 1.62. The highest BCUT2D eigenvalue weighted by molar-refractivity contribution is 6.99. The first kappa shape index (κ1) is 26.0. The molecule has 0 saturated heterocycles. The standard InChI is InChI=1S/C30H41NO3Si/c1-22(32)26-17-12-18-27(30(26,5)33)28-20-19-23(31-28)21-34-35(29(2,3)4,24-13-8-6-9-14-24)25-15-10-7-11-16-25/h6-11,13-16,23,26-27,33H,12,17-21H2,1-5H3/t23-,26?,27?,30?/m0/s1. The number of hydrogen-bond donors (Lipinski definition) is 1. The van der Waals surface area contributed by atoms with Crippen molar-refractivity contribution in [2.75, 3.05) is 6.61 Å². The molecule has 2 aromatic rings. The van der Waals surface area contributed by atoms with Crippen LogP contribution in [0.25, 0.3) is 0 Å². The van der Waals surface area contributed by atoms with E-state index < -0.39 is 13.9 Å². The van der Waals surface area contributed by atoms with Crippen LogP contribution in [-0.2, 0) is 9.22 Å². The number of hydrogen-bond acceptors (Lipinski definition) is 4. The summed E-state index contributed by atoms with van der Waals surface area (Å²) >= 11 is 0. The van der Waals surface area contributed by atoms with Crippen molar-refractivity contribution in [2.24, 2.45) is 16.8 Å². The van der Waals surface area contributed by atoms with Crippen molar-refractivity contribution in [1.82, 2.24) is 0 Å². The summed E-state index contributed by atoms with van der Waals surface area (Å²) in [5, 5.41) is 13.8. The van der Waals surface area contributed by atoms with Crippen LogP contribution in [0, 0.1) is 11.8 Å². The highest BCUT2D eigenvalue weighted by atomic mass is 28.4. The van der Waals surface area contributed by atoms with E-state index in [0.29, 0.717) is 6.61 Å². The molecule has 1 saturated carbocycles. The molecule has 188 valence electrons. The topological polar surface area (TPSA) is 58.9 Å². The summed E-state index contributed by atoms with van der Waals surface area (Å²) in [4.78, 5) is 17.3. The van der Waals surface area contributed by atoms with Gasteiger partial charge in [0.25, 0.3) is 8.32 Å². The summed E-state index contributed by atoms with van der Waals surface area (Å²) in [6.07, 6.45) is 4.45. The molecular weight excluding hydrogens is 450 g/mol. The summed E-state index contributed by atoms with van der Waals surface area (Å²) in [7, 11) is -2.60. The zero-order valence-electron chi connectivity index (χ0n) is 22.0. The van der Waals surface area contributed by atoms with Gasteiger partial charge < -0.3 is 9.53 Å². The van der Waals surface area contributed by atoms with Crippen molar-refractivity contribution in [3.8, 4) is 0 Å². The van der Waals surface area contributed by atoms with Gasteiger partial charge in [0.2, 0.25) is 0 Å². The van der Waals surface area contributed by atoms with Crippen LogP contribution in [0.2, 0.25) is 5.04 Å². The van der Waals surface area contributed by atoms with E-state index in [1.54, 1.807) is 6.92 Å². The predicted molar refractivity (Wildman–Crippen MR) is 146 cm³/mol. The number of nitrogens with zero attached hydrogens (tertiary/aromatic N) is 1. The molecule has 1 aliphatic carbocycles. The van der Waals surface area contributed by atoms with Gasteiger partial charge in [-0.15, -0.1) is 0 Å². The fourth-order valence-corrected chi connectivity index (χ4v) is 11.1. The van der Waals surface area contributed by atoms with Crippen molar-refractivity contribution in [3.63, 3.8) is 0 Å². The molecule has 0 spiro atoms. The van der Waals surface area contributed by atoms with E-state index in [0.717, 1.165) is 37.8 Å². The van der Waals surface area contributed by atoms with Gasteiger partial charge in [-0.25, -0.2) is 0 Å². The molecule has 1 heterocycles. The van der Waals surface area contributed by atoms with Crippen LogP contribution in [0.15, 0.2) is 65.7 Å². The third kappa shape index (κ3) is 4.96.